The van der Waals surface area contributed by atoms with E-state index < -0.39 is 29.6 Å². The molecular formula is C24H20FN3O5. The SMILES string of the molecule is CNc1cc2c(cc1F)C(=O)N(c1ccc(C(=O)N[C@H](C(=O)O)c3ccccc3)cc1)CO2. The van der Waals surface area contributed by atoms with E-state index in [1.54, 1.807) is 37.4 Å². The minimum absolute atomic E-state index is 0.0821. The third-order valence-electron chi connectivity index (χ3n) is 5.26. The van der Waals surface area contributed by atoms with Crippen LogP contribution < -0.4 is 20.3 Å². The molecule has 33 heavy (non-hydrogen) atoms. The molecule has 2 amide bonds. The number of halogens is 1. The number of carboxylic acid groups (broad SMARTS) is 1. The third-order valence-corrected chi connectivity index (χ3v) is 5.26. The van der Waals surface area contributed by atoms with Crippen LogP contribution in [0, 0.1) is 5.82 Å². The predicted molar refractivity (Wildman–Crippen MR) is 119 cm³/mol. The number of nitrogens with zero attached hydrogens (tertiary/aromatic N) is 1. The number of rotatable bonds is 6. The summed E-state index contributed by atoms with van der Waals surface area (Å²) in [6.45, 7) is -0.0821. The van der Waals surface area contributed by atoms with E-state index in [2.05, 4.69) is 10.6 Å². The van der Waals surface area contributed by atoms with Crippen LogP contribution in [0.2, 0.25) is 0 Å². The average Bonchev–Trinajstić information content (AvgIpc) is 2.83. The molecule has 0 aromatic heterocycles. The Kier molecular flexibility index (Phi) is 5.95. The number of aliphatic carboxylic acids is 1. The smallest absolute Gasteiger partial charge is 0.330 e. The van der Waals surface area contributed by atoms with Gasteiger partial charge in [-0.15, -0.1) is 0 Å². The monoisotopic (exact) mass is 449 g/mol. The Bertz CT molecular complexity index is 1210. The fourth-order valence-electron chi connectivity index (χ4n) is 3.50. The summed E-state index contributed by atoms with van der Waals surface area (Å²) in [4.78, 5) is 38.4. The number of benzene rings is 3. The first-order chi connectivity index (χ1) is 15.9. The molecule has 1 heterocycles. The van der Waals surface area contributed by atoms with Gasteiger partial charge in [-0.2, -0.15) is 0 Å². The molecule has 3 N–H and O–H groups in total. The van der Waals surface area contributed by atoms with E-state index in [0.29, 0.717) is 11.3 Å². The first-order valence-corrected chi connectivity index (χ1v) is 10.0. The fourth-order valence-corrected chi connectivity index (χ4v) is 3.50. The molecule has 1 atom stereocenters. The Balaban J connectivity index is 1.51. The lowest BCUT2D eigenvalue weighted by Gasteiger charge is -2.29. The maximum atomic E-state index is 14.1. The van der Waals surface area contributed by atoms with Crippen molar-refractivity contribution in [1.29, 1.82) is 0 Å². The molecule has 0 saturated heterocycles. The van der Waals surface area contributed by atoms with Crippen LogP contribution >= 0.6 is 0 Å². The fraction of sp³-hybridized carbons (Fsp3) is 0.125. The molecule has 1 aliphatic heterocycles. The van der Waals surface area contributed by atoms with Crippen LogP contribution in [0.3, 0.4) is 0 Å². The quantitative estimate of drug-likeness (QED) is 0.532. The van der Waals surface area contributed by atoms with Crippen molar-refractivity contribution in [2.45, 2.75) is 6.04 Å². The average molecular weight is 449 g/mol. The van der Waals surface area contributed by atoms with Crippen LogP contribution in [0.5, 0.6) is 5.75 Å². The highest BCUT2D eigenvalue weighted by Crippen LogP contribution is 2.32. The Morgan fingerprint density at radius 2 is 1.79 bits per heavy atom. The van der Waals surface area contributed by atoms with Crippen molar-refractivity contribution in [3.8, 4) is 5.75 Å². The number of hydrogen-bond acceptors (Lipinski definition) is 5. The van der Waals surface area contributed by atoms with Crippen molar-refractivity contribution >= 4 is 29.2 Å². The minimum atomic E-state index is -1.20. The van der Waals surface area contributed by atoms with Gasteiger partial charge in [0.15, 0.2) is 12.8 Å². The standard InChI is InChI=1S/C24H20FN3O5/c1-26-19-12-20-17(11-18(19)25)23(30)28(13-33-20)16-9-7-15(8-10-16)22(29)27-21(24(31)32)14-5-3-2-4-6-14/h2-12,21,26H,13H2,1H3,(H,27,29)(H,31,32)/t21-/m0/s1. The molecular weight excluding hydrogens is 429 g/mol. The van der Waals surface area contributed by atoms with Crippen molar-refractivity contribution in [3.63, 3.8) is 0 Å². The molecule has 0 bridgehead atoms. The number of carboxylic acids is 1. The first-order valence-electron chi connectivity index (χ1n) is 10.0. The van der Waals surface area contributed by atoms with E-state index in [-0.39, 0.29) is 29.3 Å². The predicted octanol–water partition coefficient (Wildman–Crippen LogP) is 3.42. The van der Waals surface area contributed by atoms with Crippen molar-refractivity contribution in [3.05, 3.63) is 89.2 Å². The number of carbonyl (C=O) groups excluding carboxylic acids is 2. The van der Waals surface area contributed by atoms with E-state index in [9.17, 15) is 23.9 Å². The zero-order valence-electron chi connectivity index (χ0n) is 17.5. The summed E-state index contributed by atoms with van der Waals surface area (Å²) < 4.78 is 19.7. The van der Waals surface area contributed by atoms with Gasteiger partial charge in [-0.25, -0.2) is 9.18 Å². The summed E-state index contributed by atoms with van der Waals surface area (Å²) in [5.74, 6) is -2.50. The van der Waals surface area contributed by atoms with Gasteiger partial charge in [0, 0.05) is 24.4 Å². The number of ether oxygens (including phenoxy) is 1. The summed E-state index contributed by atoms with van der Waals surface area (Å²) in [5.41, 5.74) is 1.42. The maximum absolute atomic E-state index is 14.1. The number of amides is 2. The van der Waals surface area contributed by atoms with E-state index in [1.165, 1.54) is 35.2 Å². The topological polar surface area (TPSA) is 108 Å². The summed E-state index contributed by atoms with van der Waals surface area (Å²) >= 11 is 0. The van der Waals surface area contributed by atoms with Gasteiger partial charge in [-0.1, -0.05) is 30.3 Å². The zero-order chi connectivity index (χ0) is 23.5. The number of fused-ring (bicyclic) bond motifs is 1. The summed E-state index contributed by atoms with van der Waals surface area (Å²) in [6.07, 6.45) is 0. The van der Waals surface area contributed by atoms with Gasteiger partial charge < -0.3 is 20.5 Å². The van der Waals surface area contributed by atoms with Crippen LogP contribution in [0.4, 0.5) is 15.8 Å². The molecule has 0 spiro atoms. The Hall–Kier alpha value is -4.40. The highest BCUT2D eigenvalue weighted by atomic mass is 19.1. The summed E-state index contributed by atoms with van der Waals surface area (Å²) in [7, 11) is 1.57. The number of nitrogens with one attached hydrogen (secondary N) is 2. The molecule has 168 valence electrons. The van der Waals surface area contributed by atoms with Gasteiger partial charge in [-0.3, -0.25) is 14.5 Å². The van der Waals surface area contributed by atoms with Crippen molar-refractivity contribution in [2.24, 2.45) is 0 Å². The molecule has 3 aromatic rings. The van der Waals surface area contributed by atoms with E-state index >= 15 is 0 Å². The lowest BCUT2D eigenvalue weighted by atomic mass is 10.1. The number of hydrogen-bond donors (Lipinski definition) is 3. The lowest BCUT2D eigenvalue weighted by molar-refractivity contribution is -0.139. The van der Waals surface area contributed by atoms with Gasteiger partial charge in [0.2, 0.25) is 0 Å². The van der Waals surface area contributed by atoms with Gasteiger partial charge >= 0.3 is 5.97 Å². The number of carbonyl (C=O) groups is 3. The molecule has 3 aromatic carbocycles. The molecule has 8 nitrogen and oxygen atoms in total. The van der Waals surface area contributed by atoms with E-state index in [0.717, 1.165) is 6.07 Å². The molecule has 9 heteroatoms. The van der Waals surface area contributed by atoms with Gasteiger partial charge in [0.05, 0.1) is 11.3 Å². The molecule has 0 unspecified atom stereocenters. The molecule has 0 aliphatic carbocycles. The van der Waals surface area contributed by atoms with Gasteiger partial charge in [0.25, 0.3) is 11.8 Å². The first kappa shape index (κ1) is 21.8. The Labute approximate surface area is 188 Å². The van der Waals surface area contributed by atoms with Crippen molar-refractivity contribution in [2.75, 3.05) is 24.0 Å². The van der Waals surface area contributed by atoms with Crippen LogP contribution in [0.25, 0.3) is 0 Å². The highest BCUT2D eigenvalue weighted by molar-refractivity contribution is 6.09. The van der Waals surface area contributed by atoms with Crippen LogP contribution in [0.1, 0.15) is 32.3 Å². The van der Waals surface area contributed by atoms with Gasteiger partial charge in [0.1, 0.15) is 11.6 Å². The second-order valence-electron chi connectivity index (χ2n) is 7.29. The van der Waals surface area contributed by atoms with E-state index in [1.807, 2.05) is 0 Å². The third kappa shape index (κ3) is 4.33. The van der Waals surface area contributed by atoms with Crippen LogP contribution in [-0.4, -0.2) is 36.7 Å². The Morgan fingerprint density at radius 3 is 2.42 bits per heavy atom. The van der Waals surface area contributed by atoms with Crippen molar-refractivity contribution < 1.29 is 28.6 Å². The molecule has 1 aliphatic rings. The summed E-state index contributed by atoms with van der Waals surface area (Å²) in [5, 5.41) is 14.7. The number of anilines is 2. The largest absolute Gasteiger partial charge is 0.479 e. The lowest BCUT2D eigenvalue weighted by Crippen LogP contribution is -2.39. The molecule has 0 fully saturated rings. The molecule has 0 saturated carbocycles. The second kappa shape index (κ2) is 8.99. The maximum Gasteiger partial charge on any atom is 0.330 e. The zero-order valence-corrected chi connectivity index (χ0v) is 17.5. The van der Waals surface area contributed by atoms with Crippen LogP contribution in [0.15, 0.2) is 66.7 Å². The van der Waals surface area contributed by atoms with Crippen molar-refractivity contribution in [1.82, 2.24) is 5.32 Å². The highest BCUT2D eigenvalue weighted by Gasteiger charge is 2.29. The van der Waals surface area contributed by atoms with Gasteiger partial charge in [-0.05, 0) is 35.9 Å². The normalized spacial score (nSPS) is 13.5. The molecule has 4 rings (SSSR count). The van der Waals surface area contributed by atoms with Crippen LogP contribution in [-0.2, 0) is 4.79 Å². The molecule has 0 radical (unpaired) electrons. The Morgan fingerprint density at radius 1 is 1.09 bits per heavy atom. The van der Waals surface area contributed by atoms with E-state index in [4.69, 9.17) is 4.74 Å². The minimum Gasteiger partial charge on any atom is -0.479 e. The second-order valence-corrected chi connectivity index (χ2v) is 7.29. The summed E-state index contributed by atoms with van der Waals surface area (Å²) in [6, 6.07) is 15.7.